The predicted octanol–water partition coefficient (Wildman–Crippen LogP) is 2.48. The second-order valence-electron chi connectivity index (χ2n) is 3.79. The number of nitrogens with one attached hydrogen (secondary N) is 1. The maximum Gasteiger partial charge on any atom is 0.253 e. The average Bonchev–Trinajstić information content (AvgIpc) is 2.32. The summed E-state index contributed by atoms with van der Waals surface area (Å²) in [5.41, 5.74) is 5.22. The quantitative estimate of drug-likeness (QED) is 0.824. The van der Waals surface area contributed by atoms with Gasteiger partial charge in [-0.05, 0) is 18.6 Å². The third-order valence-electron chi connectivity index (χ3n) is 2.50. The largest absolute Gasteiger partial charge is 0.396 e. The minimum Gasteiger partial charge on any atom is -0.396 e. The third-order valence-corrected chi connectivity index (χ3v) is 2.72. The second-order valence-corrected chi connectivity index (χ2v) is 4.23. The Bertz CT molecular complexity index is 499. The van der Waals surface area contributed by atoms with E-state index in [2.05, 4.69) is 5.32 Å². The molecule has 0 radical (unpaired) electrons. The number of nitrogens with two attached hydrogens (primary N) is 1. The van der Waals surface area contributed by atoms with Gasteiger partial charge in [-0.25, -0.2) is 4.39 Å². The molecule has 0 unspecified atom stereocenters. The average molecular weight is 270 g/mol. The van der Waals surface area contributed by atoms with E-state index < -0.39 is 11.7 Å². The van der Waals surface area contributed by atoms with E-state index >= 15 is 0 Å². The summed E-state index contributed by atoms with van der Waals surface area (Å²) in [5.74, 6) is -1.27. The Kier molecular flexibility index (Phi) is 4.93. The van der Waals surface area contributed by atoms with E-state index in [-0.39, 0.29) is 28.7 Å². The van der Waals surface area contributed by atoms with E-state index in [0.717, 1.165) is 6.07 Å². The van der Waals surface area contributed by atoms with Gasteiger partial charge < -0.3 is 11.1 Å². The van der Waals surface area contributed by atoms with E-state index in [9.17, 15) is 9.18 Å². The number of rotatable bonds is 4. The number of anilines is 1. The zero-order chi connectivity index (χ0) is 13.7. The molecule has 0 heterocycles. The zero-order valence-electron chi connectivity index (χ0n) is 9.84. The fraction of sp³-hybridized carbons (Fsp3) is 0.333. The Hall–Kier alpha value is -1.80. The molecule has 0 aliphatic rings. The summed E-state index contributed by atoms with van der Waals surface area (Å²) in [4.78, 5) is 11.9. The van der Waals surface area contributed by atoms with Crippen molar-refractivity contribution in [3.05, 3.63) is 28.5 Å². The molecule has 0 aromatic heterocycles. The maximum absolute atomic E-state index is 13.3. The van der Waals surface area contributed by atoms with Gasteiger partial charge in [0.25, 0.3) is 5.91 Å². The summed E-state index contributed by atoms with van der Waals surface area (Å²) < 4.78 is 13.3. The van der Waals surface area contributed by atoms with Gasteiger partial charge in [0.2, 0.25) is 0 Å². The van der Waals surface area contributed by atoms with Gasteiger partial charge in [-0.1, -0.05) is 18.5 Å². The van der Waals surface area contributed by atoms with Gasteiger partial charge in [0.05, 0.1) is 23.7 Å². The van der Waals surface area contributed by atoms with E-state index in [4.69, 9.17) is 22.6 Å². The number of carbonyl (C=O) groups is 1. The normalized spacial score (nSPS) is 11.7. The lowest BCUT2D eigenvalue weighted by Gasteiger charge is -2.15. The molecular formula is C12H13ClFN3O. The summed E-state index contributed by atoms with van der Waals surface area (Å²) in [5, 5.41) is 11.3. The number of benzene rings is 1. The molecule has 1 aromatic rings. The Morgan fingerprint density at radius 1 is 1.67 bits per heavy atom. The van der Waals surface area contributed by atoms with Crippen molar-refractivity contribution in [2.24, 2.45) is 0 Å². The molecule has 1 aromatic carbocycles. The molecule has 96 valence electrons. The fourth-order valence-corrected chi connectivity index (χ4v) is 1.65. The molecule has 1 atom stereocenters. The molecular weight excluding hydrogens is 257 g/mol. The first-order chi connectivity index (χ1) is 8.49. The molecule has 18 heavy (non-hydrogen) atoms. The molecule has 0 saturated heterocycles. The van der Waals surface area contributed by atoms with Crippen LogP contribution in [0.1, 0.15) is 30.1 Å². The van der Waals surface area contributed by atoms with Crippen molar-refractivity contribution in [1.82, 2.24) is 5.32 Å². The minimum absolute atomic E-state index is 0.0172. The first-order valence-corrected chi connectivity index (χ1v) is 5.79. The van der Waals surface area contributed by atoms with Crippen LogP contribution < -0.4 is 11.1 Å². The number of hydrogen-bond donors (Lipinski definition) is 2. The summed E-state index contributed by atoms with van der Waals surface area (Å²) in [7, 11) is 0. The summed E-state index contributed by atoms with van der Waals surface area (Å²) in [6.45, 7) is 1.84. The molecule has 0 aliphatic heterocycles. The van der Waals surface area contributed by atoms with Crippen LogP contribution in [0.25, 0.3) is 0 Å². The lowest BCUT2D eigenvalue weighted by molar-refractivity contribution is 0.0937. The number of hydrogen-bond acceptors (Lipinski definition) is 3. The van der Waals surface area contributed by atoms with Gasteiger partial charge in [-0.2, -0.15) is 5.26 Å². The van der Waals surface area contributed by atoms with E-state index in [1.165, 1.54) is 6.07 Å². The highest BCUT2D eigenvalue weighted by atomic mass is 35.5. The van der Waals surface area contributed by atoms with Crippen molar-refractivity contribution >= 4 is 23.2 Å². The number of halogens is 2. The molecule has 4 nitrogen and oxygen atoms in total. The molecule has 1 amide bonds. The van der Waals surface area contributed by atoms with Crippen LogP contribution in [0, 0.1) is 17.1 Å². The molecule has 0 spiro atoms. The van der Waals surface area contributed by atoms with Gasteiger partial charge in [0, 0.05) is 11.1 Å². The number of nitriles is 1. The van der Waals surface area contributed by atoms with Crippen LogP contribution in [-0.2, 0) is 0 Å². The first kappa shape index (κ1) is 14.3. The van der Waals surface area contributed by atoms with Gasteiger partial charge in [0.1, 0.15) is 5.82 Å². The number of amides is 1. The van der Waals surface area contributed by atoms with Crippen LogP contribution in [0.5, 0.6) is 0 Å². The third kappa shape index (κ3) is 3.34. The fourth-order valence-electron chi connectivity index (χ4n) is 1.44. The van der Waals surface area contributed by atoms with Crippen LogP contribution in [0.15, 0.2) is 12.1 Å². The molecule has 1 rings (SSSR count). The maximum atomic E-state index is 13.3. The molecule has 6 heteroatoms. The van der Waals surface area contributed by atoms with Crippen LogP contribution in [0.3, 0.4) is 0 Å². The number of nitrogens with zero attached hydrogens (tertiary/aromatic N) is 1. The standard InChI is InChI=1S/C12H13ClFN3O/c1-2-8(3-4-15)17-12(18)9-5-7(13)6-10(14)11(9)16/h5-6,8H,2-3,16H2,1H3,(H,17,18)/t8-/m0/s1. The Balaban J connectivity index is 2.94. The highest BCUT2D eigenvalue weighted by molar-refractivity contribution is 6.31. The van der Waals surface area contributed by atoms with Gasteiger partial charge in [0.15, 0.2) is 0 Å². The van der Waals surface area contributed by atoms with Gasteiger partial charge in [-0.3, -0.25) is 4.79 Å². The van der Waals surface area contributed by atoms with Gasteiger partial charge in [-0.15, -0.1) is 0 Å². The molecule has 0 aliphatic carbocycles. The second kappa shape index (κ2) is 6.22. The summed E-state index contributed by atoms with van der Waals surface area (Å²) in [6.07, 6.45) is 0.785. The zero-order valence-corrected chi connectivity index (χ0v) is 10.6. The number of carbonyl (C=O) groups excluding carboxylic acids is 1. The topological polar surface area (TPSA) is 78.9 Å². The predicted molar refractivity (Wildman–Crippen MR) is 67.6 cm³/mol. The van der Waals surface area contributed by atoms with Crippen LogP contribution in [-0.4, -0.2) is 11.9 Å². The molecule has 0 saturated carbocycles. The van der Waals surface area contributed by atoms with Crippen LogP contribution in [0.4, 0.5) is 10.1 Å². The Morgan fingerprint density at radius 2 is 2.33 bits per heavy atom. The van der Waals surface area contributed by atoms with Crippen LogP contribution in [0.2, 0.25) is 5.02 Å². The van der Waals surface area contributed by atoms with Crippen molar-refractivity contribution in [2.45, 2.75) is 25.8 Å². The monoisotopic (exact) mass is 269 g/mol. The van der Waals surface area contributed by atoms with Gasteiger partial charge >= 0.3 is 0 Å². The van der Waals surface area contributed by atoms with E-state index in [1.54, 1.807) is 0 Å². The lowest BCUT2D eigenvalue weighted by atomic mass is 10.1. The van der Waals surface area contributed by atoms with E-state index in [1.807, 2.05) is 13.0 Å². The van der Waals surface area contributed by atoms with Crippen molar-refractivity contribution in [3.8, 4) is 6.07 Å². The summed E-state index contributed by atoms with van der Waals surface area (Å²) in [6, 6.07) is 4.02. The smallest absolute Gasteiger partial charge is 0.253 e. The number of nitrogen functional groups attached to an aromatic ring is 1. The summed E-state index contributed by atoms with van der Waals surface area (Å²) >= 11 is 5.67. The van der Waals surface area contributed by atoms with Crippen molar-refractivity contribution in [1.29, 1.82) is 5.26 Å². The minimum atomic E-state index is -0.735. The highest BCUT2D eigenvalue weighted by Gasteiger charge is 2.17. The molecule has 0 fully saturated rings. The Morgan fingerprint density at radius 3 is 2.89 bits per heavy atom. The van der Waals surface area contributed by atoms with E-state index in [0.29, 0.717) is 6.42 Å². The van der Waals surface area contributed by atoms with Crippen molar-refractivity contribution < 1.29 is 9.18 Å². The van der Waals surface area contributed by atoms with Crippen molar-refractivity contribution in [2.75, 3.05) is 5.73 Å². The first-order valence-electron chi connectivity index (χ1n) is 5.41. The molecule has 3 N–H and O–H groups in total. The van der Waals surface area contributed by atoms with Crippen LogP contribution >= 0.6 is 11.6 Å². The van der Waals surface area contributed by atoms with Crippen molar-refractivity contribution in [3.63, 3.8) is 0 Å². The highest BCUT2D eigenvalue weighted by Crippen LogP contribution is 2.22. The Labute approximate surface area is 110 Å². The molecule has 0 bridgehead atoms. The SMILES string of the molecule is CC[C@@H](CC#N)NC(=O)c1cc(Cl)cc(F)c1N. The lowest BCUT2D eigenvalue weighted by Crippen LogP contribution is -2.34.